The third-order valence-corrected chi connectivity index (χ3v) is 2.87. The van der Waals surface area contributed by atoms with Gasteiger partial charge in [-0.15, -0.1) is 0 Å². The average Bonchev–Trinajstić information content (AvgIpc) is 2.44. The van der Waals surface area contributed by atoms with Crippen molar-refractivity contribution in [3.8, 4) is 0 Å². The maximum Gasteiger partial charge on any atom is 0.239 e. The van der Waals surface area contributed by atoms with E-state index in [-0.39, 0.29) is 12.5 Å². The number of guanidine groups is 1. The molecule has 0 aliphatic carbocycles. The SMILES string of the molecule is CCNC(=O)CNC(=NCc1ccccc1Cl)NCC. The van der Waals surface area contributed by atoms with E-state index in [2.05, 4.69) is 20.9 Å². The zero-order valence-corrected chi connectivity index (χ0v) is 12.6. The van der Waals surface area contributed by atoms with E-state index in [1.165, 1.54) is 0 Å². The van der Waals surface area contributed by atoms with E-state index in [9.17, 15) is 4.79 Å². The minimum atomic E-state index is -0.0594. The Morgan fingerprint density at radius 2 is 1.85 bits per heavy atom. The predicted octanol–water partition coefficient (Wildman–Crippen LogP) is 1.53. The van der Waals surface area contributed by atoms with Crippen molar-refractivity contribution in [1.29, 1.82) is 0 Å². The Bertz CT molecular complexity index is 462. The fourth-order valence-corrected chi connectivity index (χ4v) is 1.75. The smallest absolute Gasteiger partial charge is 0.239 e. The second-order valence-corrected chi connectivity index (χ2v) is 4.50. The number of carbonyl (C=O) groups is 1. The molecule has 0 bridgehead atoms. The lowest BCUT2D eigenvalue weighted by molar-refractivity contribution is -0.119. The lowest BCUT2D eigenvalue weighted by atomic mass is 10.2. The van der Waals surface area contributed by atoms with Gasteiger partial charge in [0.25, 0.3) is 0 Å². The highest BCUT2D eigenvalue weighted by molar-refractivity contribution is 6.31. The largest absolute Gasteiger partial charge is 0.357 e. The Kier molecular flexibility index (Phi) is 7.50. The first-order valence-corrected chi connectivity index (χ1v) is 7.07. The lowest BCUT2D eigenvalue weighted by Crippen LogP contribution is -2.43. The van der Waals surface area contributed by atoms with Crippen LogP contribution in [-0.2, 0) is 11.3 Å². The molecule has 0 aliphatic rings. The van der Waals surface area contributed by atoms with Crippen LogP contribution in [0.25, 0.3) is 0 Å². The Balaban J connectivity index is 2.58. The maximum atomic E-state index is 11.4. The first kappa shape index (κ1) is 16.3. The number of aliphatic imine (C=N–C) groups is 1. The predicted molar refractivity (Wildman–Crippen MR) is 83.0 cm³/mol. The van der Waals surface area contributed by atoms with Crippen LogP contribution in [0.2, 0.25) is 5.02 Å². The van der Waals surface area contributed by atoms with Gasteiger partial charge in [0.15, 0.2) is 5.96 Å². The van der Waals surface area contributed by atoms with Crippen LogP contribution < -0.4 is 16.0 Å². The van der Waals surface area contributed by atoms with Crippen LogP contribution in [0.15, 0.2) is 29.3 Å². The van der Waals surface area contributed by atoms with Crippen LogP contribution in [0.4, 0.5) is 0 Å². The fourth-order valence-electron chi connectivity index (χ4n) is 1.56. The third kappa shape index (κ3) is 5.93. The van der Waals surface area contributed by atoms with E-state index < -0.39 is 0 Å². The molecule has 110 valence electrons. The summed E-state index contributed by atoms with van der Waals surface area (Å²) in [5.74, 6) is 0.537. The summed E-state index contributed by atoms with van der Waals surface area (Å²) in [5, 5.41) is 9.48. The molecule has 0 aliphatic heterocycles. The molecule has 1 aromatic carbocycles. The molecule has 0 atom stereocenters. The fraction of sp³-hybridized carbons (Fsp3) is 0.429. The second-order valence-electron chi connectivity index (χ2n) is 4.09. The minimum Gasteiger partial charge on any atom is -0.357 e. The molecular formula is C14H21ClN4O. The van der Waals surface area contributed by atoms with Crippen molar-refractivity contribution in [3.63, 3.8) is 0 Å². The highest BCUT2D eigenvalue weighted by Crippen LogP contribution is 2.15. The molecule has 0 radical (unpaired) electrons. The molecule has 6 heteroatoms. The van der Waals surface area contributed by atoms with Crippen LogP contribution in [0.3, 0.4) is 0 Å². The number of hydrogen-bond acceptors (Lipinski definition) is 2. The van der Waals surface area contributed by atoms with E-state index in [0.29, 0.717) is 24.1 Å². The molecule has 0 heterocycles. The number of hydrogen-bond donors (Lipinski definition) is 3. The summed E-state index contributed by atoms with van der Waals surface area (Å²) < 4.78 is 0. The first-order chi connectivity index (χ1) is 9.67. The van der Waals surface area contributed by atoms with Crippen molar-refractivity contribution in [3.05, 3.63) is 34.9 Å². The maximum absolute atomic E-state index is 11.4. The lowest BCUT2D eigenvalue weighted by Gasteiger charge is -2.11. The summed E-state index contributed by atoms with van der Waals surface area (Å²) in [4.78, 5) is 15.8. The molecule has 3 N–H and O–H groups in total. The second kappa shape index (κ2) is 9.20. The molecule has 1 amide bonds. The molecule has 0 saturated heterocycles. The van der Waals surface area contributed by atoms with E-state index in [0.717, 1.165) is 12.1 Å². The van der Waals surface area contributed by atoms with Gasteiger partial charge < -0.3 is 16.0 Å². The van der Waals surface area contributed by atoms with Gasteiger partial charge in [-0.2, -0.15) is 0 Å². The molecule has 0 fully saturated rings. The molecule has 5 nitrogen and oxygen atoms in total. The highest BCUT2D eigenvalue weighted by atomic mass is 35.5. The quantitative estimate of drug-likeness (QED) is 0.551. The van der Waals surface area contributed by atoms with Crippen molar-refractivity contribution in [2.24, 2.45) is 4.99 Å². The highest BCUT2D eigenvalue weighted by Gasteiger charge is 2.03. The first-order valence-electron chi connectivity index (χ1n) is 6.69. The van der Waals surface area contributed by atoms with Crippen LogP contribution in [0.5, 0.6) is 0 Å². The normalized spacial score (nSPS) is 11.1. The summed E-state index contributed by atoms with van der Waals surface area (Å²) >= 11 is 6.08. The summed E-state index contributed by atoms with van der Waals surface area (Å²) in [6.07, 6.45) is 0. The third-order valence-electron chi connectivity index (χ3n) is 2.50. The van der Waals surface area contributed by atoms with Crippen molar-refractivity contribution in [1.82, 2.24) is 16.0 Å². The van der Waals surface area contributed by atoms with Gasteiger partial charge >= 0.3 is 0 Å². The molecule has 0 spiro atoms. The van der Waals surface area contributed by atoms with E-state index in [1.54, 1.807) is 0 Å². The Morgan fingerprint density at radius 1 is 1.15 bits per heavy atom. The Morgan fingerprint density at radius 3 is 2.50 bits per heavy atom. The number of halogens is 1. The van der Waals surface area contributed by atoms with Crippen LogP contribution >= 0.6 is 11.6 Å². The summed E-state index contributed by atoms with van der Waals surface area (Å²) in [7, 11) is 0. The topological polar surface area (TPSA) is 65.5 Å². The van der Waals surface area contributed by atoms with Gasteiger partial charge in [0.2, 0.25) is 5.91 Å². The molecule has 1 aromatic rings. The van der Waals surface area contributed by atoms with Gasteiger partial charge in [0.05, 0.1) is 13.1 Å². The van der Waals surface area contributed by atoms with Gasteiger partial charge in [-0.25, -0.2) is 4.99 Å². The number of benzene rings is 1. The number of nitrogens with zero attached hydrogens (tertiary/aromatic N) is 1. The molecule has 20 heavy (non-hydrogen) atoms. The Hall–Kier alpha value is -1.75. The van der Waals surface area contributed by atoms with Crippen molar-refractivity contribution in [2.45, 2.75) is 20.4 Å². The van der Waals surface area contributed by atoms with E-state index in [4.69, 9.17) is 11.6 Å². The summed E-state index contributed by atoms with van der Waals surface area (Å²) in [6.45, 7) is 5.86. The molecular weight excluding hydrogens is 276 g/mol. The van der Waals surface area contributed by atoms with E-state index in [1.807, 2.05) is 38.1 Å². The Labute approximate surface area is 124 Å². The monoisotopic (exact) mass is 296 g/mol. The number of likely N-dealkylation sites (N-methyl/N-ethyl adjacent to an activating group) is 1. The van der Waals surface area contributed by atoms with E-state index >= 15 is 0 Å². The van der Waals surface area contributed by atoms with Gasteiger partial charge in [0, 0.05) is 18.1 Å². The zero-order chi connectivity index (χ0) is 14.8. The van der Waals surface area contributed by atoms with Crippen LogP contribution in [-0.4, -0.2) is 31.5 Å². The zero-order valence-electron chi connectivity index (χ0n) is 11.9. The van der Waals surface area contributed by atoms with Gasteiger partial charge in [-0.05, 0) is 25.5 Å². The number of carbonyl (C=O) groups excluding carboxylic acids is 1. The van der Waals surface area contributed by atoms with Crippen molar-refractivity contribution in [2.75, 3.05) is 19.6 Å². The van der Waals surface area contributed by atoms with Gasteiger partial charge in [-0.3, -0.25) is 4.79 Å². The summed E-state index contributed by atoms with van der Waals surface area (Å²) in [5.41, 5.74) is 0.948. The summed E-state index contributed by atoms with van der Waals surface area (Å²) in [6, 6.07) is 7.57. The number of amides is 1. The number of rotatable bonds is 6. The standard InChI is InChI=1S/C14H21ClN4O/c1-3-16-13(20)10-19-14(17-4-2)18-9-11-7-5-6-8-12(11)15/h5-8H,3-4,9-10H2,1-2H3,(H,16,20)(H2,17,18,19). The van der Waals surface area contributed by atoms with Crippen molar-refractivity contribution >= 4 is 23.5 Å². The molecule has 1 rings (SSSR count). The number of nitrogens with one attached hydrogen (secondary N) is 3. The van der Waals surface area contributed by atoms with Crippen molar-refractivity contribution < 1.29 is 4.79 Å². The molecule has 0 aromatic heterocycles. The minimum absolute atomic E-state index is 0.0594. The average molecular weight is 297 g/mol. The van der Waals surface area contributed by atoms with Gasteiger partial charge in [-0.1, -0.05) is 29.8 Å². The molecule has 0 saturated carbocycles. The van der Waals surface area contributed by atoms with Crippen LogP contribution in [0.1, 0.15) is 19.4 Å². The molecule has 0 unspecified atom stereocenters. The van der Waals surface area contributed by atoms with Gasteiger partial charge in [0.1, 0.15) is 0 Å². The van der Waals surface area contributed by atoms with Crippen LogP contribution in [0, 0.1) is 0 Å².